The van der Waals surface area contributed by atoms with E-state index in [9.17, 15) is 8.42 Å². The van der Waals surface area contributed by atoms with Gasteiger partial charge >= 0.3 is 0 Å². The third kappa shape index (κ3) is 4.52. The lowest BCUT2D eigenvalue weighted by Gasteiger charge is -2.08. The van der Waals surface area contributed by atoms with Crippen molar-refractivity contribution in [2.45, 2.75) is 24.7 Å². The molecule has 0 spiro atoms. The highest BCUT2D eigenvalue weighted by Gasteiger charge is 2.14. The molecule has 0 amide bonds. The zero-order chi connectivity index (χ0) is 15.3. The van der Waals surface area contributed by atoms with Crippen LogP contribution in [0.1, 0.15) is 17.7 Å². The van der Waals surface area contributed by atoms with E-state index in [0.717, 1.165) is 17.7 Å². The number of benzene rings is 1. The molecule has 112 valence electrons. The maximum atomic E-state index is 12.1. The van der Waals surface area contributed by atoms with Crippen molar-refractivity contribution in [3.8, 4) is 0 Å². The topological polar surface area (TPSA) is 59.1 Å². The van der Waals surface area contributed by atoms with Crippen LogP contribution in [-0.4, -0.2) is 19.9 Å². The highest BCUT2D eigenvalue weighted by atomic mass is 35.5. The molecular weight excluding hydrogens is 308 g/mol. The molecule has 2 rings (SSSR count). The van der Waals surface area contributed by atoms with Gasteiger partial charge in [0, 0.05) is 23.5 Å². The number of hydrogen-bond acceptors (Lipinski definition) is 3. The smallest absolute Gasteiger partial charge is 0.240 e. The third-order valence-corrected chi connectivity index (χ3v) is 4.95. The van der Waals surface area contributed by atoms with Gasteiger partial charge in [-0.25, -0.2) is 13.1 Å². The fraction of sp³-hybridized carbons (Fsp3) is 0.267. The van der Waals surface area contributed by atoms with Crippen LogP contribution in [0, 0.1) is 6.92 Å². The second kappa shape index (κ2) is 7.02. The van der Waals surface area contributed by atoms with Crippen LogP contribution in [0.5, 0.6) is 0 Å². The minimum atomic E-state index is -3.51. The number of nitrogens with one attached hydrogen (secondary N) is 1. The molecule has 0 unspecified atom stereocenters. The monoisotopic (exact) mass is 324 g/mol. The second-order valence-corrected chi connectivity index (χ2v) is 6.91. The van der Waals surface area contributed by atoms with Gasteiger partial charge in [0.15, 0.2) is 0 Å². The van der Waals surface area contributed by atoms with Gasteiger partial charge in [0.2, 0.25) is 10.0 Å². The summed E-state index contributed by atoms with van der Waals surface area (Å²) in [6, 6.07) is 10.4. The second-order valence-electron chi connectivity index (χ2n) is 4.73. The molecular formula is C15H17ClN2O2S. The van der Waals surface area contributed by atoms with Crippen molar-refractivity contribution in [3.63, 3.8) is 0 Å². The van der Waals surface area contributed by atoms with E-state index in [1.54, 1.807) is 18.3 Å². The molecule has 0 aliphatic carbocycles. The average Bonchev–Trinajstić information content (AvgIpc) is 2.47. The van der Waals surface area contributed by atoms with Gasteiger partial charge in [0.1, 0.15) is 0 Å². The molecule has 1 heterocycles. The Morgan fingerprint density at radius 3 is 2.71 bits per heavy atom. The molecule has 0 fully saturated rings. The Balaban J connectivity index is 1.91. The predicted octanol–water partition coefficient (Wildman–Crippen LogP) is 2.95. The highest BCUT2D eigenvalue weighted by molar-refractivity contribution is 7.89. The molecule has 0 radical (unpaired) electrons. The van der Waals surface area contributed by atoms with E-state index >= 15 is 0 Å². The quantitative estimate of drug-likeness (QED) is 0.831. The maximum absolute atomic E-state index is 12.1. The highest BCUT2D eigenvalue weighted by Crippen LogP contribution is 2.19. The van der Waals surface area contributed by atoms with Crippen LogP contribution in [0.15, 0.2) is 47.5 Å². The number of nitrogens with zero attached hydrogens (tertiary/aromatic N) is 1. The first-order chi connectivity index (χ1) is 9.99. The first-order valence-electron chi connectivity index (χ1n) is 6.65. The van der Waals surface area contributed by atoms with Gasteiger partial charge in [0.05, 0.1) is 4.90 Å². The Kier molecular flexibility index (Phi) is 5.33. The van der Waals surface area contributed by atoms with Crippen molar-refractivity contribution in [3.05, 3.63) is 58.9 Å². The first-order valence-corrected chi connectivity index (χ1v) is 8.51. The minimum absolute atomic E-state index is 0.191. The standard InChI is InChI=1S/C15H17ClN2O2S/c1-12-7-8-14(11-15(12)16)21(19,20)18-10-4-6-13-5-2-3-9-17-13/h2-3,5,7-9,11,18H,4,6,10H2,1H3. The molecule has 1 N–H and O–H groups in total. The van der Waals surface area contributed by atoms with Gasteiger partial charge in [-0.15, -0.1) is 0 Å². The molecule has 1 aromatic carbocycles. The van der Waals surface area contributed by atoms with Crippen molar-refractivity contribution in [2.75, 3.05) is 6.54 Å². The van der Waals surface area contributed by atoms with Crippen LogP contribution >= 0.6 is 11.6 Å². The lowest BCUT2D eigenvalue weighted by atomic mass is 10.2. The number of rotatable bonds is 6. The van der Waals surface area contributed by atoms with Crippen LogP contribution in [-0.2, 0) is 16.4 Å². The molecule has 0 atom stereocenters. The van der Waals surface area contributed by atoms with Gasteiger partial charge in [-0.3, -0.25) is 4.98 Å². The summed E-state index contributed by atoms with van der Waals surface area (Å²) < 4.78 is 26.8. The van der Waals surface area contributed by atoms with Crippen molar-refractivity contribution in [1.82, 2.24) is 9.71 Å². The molecule has 0 bridgehead atoms. The van der Waals surface area contributed by atoms with Crippen LogP contribution < -0.4 is 4.72 Å². The Labute approximate surface area is 130 Å². The van der Waals surface area contributed by atoms with Crippen molar-refractivity contribution in [2.24, 2.45) is 0 Å². The third-order valence-electron chi connectivity index (χ3n) is 3.08. The van der Waals surface area contributed by atoms with E-state index < -0.39 is 10.0 Å². The Morgan fingerprint density at radius 2 is 2.05 bits per heavy atom. The largest absolute Gasteiger partial charge is 0.261 e. The molecule has 6 heteroatoms. The Hall–Kier alpha value is -1.43. The molecule has 1 aromatic heterocycles. The summed E-state index contributed by atoms with van der Waals surface area (Å²) in [5.74, 6) is 0. The summed E-state index contributed by atoms with van der Waals surface area (Å²) in [6.45, 7) is 2.20. The van der Waals surface area contributed by atoms with Crippen molar-refractivity contribution in [1.29, 1.82) is 0 Å². The number of hydrogen-bond donors (Lipinski definition) is 1. The van der Waals surface area contributed by atoms with Gasteiger partial charge in [-0.2, -0.15) is 0 Å². The number of halogens is 1. The van der Waals surface area contributed by atoms with Crippen LogP contribution in [0.25, 0.3) is 0 Å². The van der Waals surface area contributed by atoms with Crippen LogP contribution in [0.3, 0.4) is 0 Å². The molecule has 2 aromatic rings. The Morgan fingerprint density at radius 1 is 1.24 bits per heavy atom. The molecule has 4 nitrogen and oxygen atoms in total. The number of sulfonamides is 1. The fourth-order valence-corrected chi connectivity index (χ4v) is 3.19. The summed E-state index contributed by atoms with van der Waals surface area (Å²) in [6.07, 6.45) is 3.15. The van der Waals surface area contributed by atoms with Crippen molar-refractivity contribution >= 4 is 21.6 Å². The first kappa shape index (κ1) is 15.9. The summed E-state index contributed by atoms with van der Waals surface area (Å²) >= 11 is 5.96. The van der Waals surface area contributed by atoms with E-state index in [2.05, 4.69) is 9.71 Å². The van der Waals surface area contributed by atoms with Gasteiger partial charge in [0.25, 0.3) is 0 Å². The molecule has 21 heavy (non-hydrogen) atoms. The molecule has 0 saturated carbocycles. The molecule has 0 saturated heterocycles. The lowest BCUT2D eigenvalue weighted by Crippen LogP contribution is -2.25. The van der Waals surface area contributed by atoms with Crippen molar-refractivity contribution < 1.29 is 8.42 Å². The lowest BCUT2D eigenvalue weighted by molar-refractivity contribution is 0.578. The minimum Gasteiger partial charge on any atom is -0.261 e. The summed E-state index contributed by atoms with van der Waals surface area (Å²) in [5.41, 5.74) is 1.81. The van der Waals surface area contributed by atoms with E-state index in [-0.39, 0.29) is 4.90 Å². The van der Waals surface area contributed by atoms with Crippen LogP contribution in [0.2, 0.25) is 5.02 Å². The maximum Gasteiger partial charge on any atom is 0.240 e. The normalized spacial score (nSPS) is 11.5. The van der Waals surface area contributed by atoms with E-state index in [1.807, 2.05) is 25.1 Å². The number of aryl methyl sites for hydroxylation is 2. The van der Waals surface area contributed by atoms with Gasteiger partial charge in [-0.05, 0) is 49.6 Å². The molecule has 0 aliphatic rings. The zero-order valence-electron chi connectivity index (χ0n) is 11.7. The summed E-state index contributed by atoms with van der Waals surface area (Å²) in [4.78, 5) is 4.39. The zero-order valence-corrected chi connectivity index (χ0v) is 13.3. The summed E-state index contributed by atoms with van der Waals surface area (Å²) in [5, 5.41) is 0.450. The predicted molar refractivity (Wildman–Crippen MR) is 83.9 cm³/mol. The van der Waals surface area contributed by atoms with Gasteiger partial charge in [-0.1, -0.05) is 23.7 Å². The fourth-order valence-electron chi connectivity index (χ4n) is 1.85. The SMILES string of the molecule is Cc1ccc(S(=O)(=O)NCCCc2ccccn2)cc1Cl. The van der Waals surface area contributed by atoms with E-state index in [1.165, 1.54) is 6.07 Å². The van der Waals surface area contributed by atoms with Gasteiger partial charge < -0.3 is 0 Å². The number of aromatic nitrogens is 1. The average molecular weight is 325 g/mol. The van der Waals surface area contributed by atoms with E-state index in [0.29, 0.717) is 18.0 Å². The molecule has 0 aliphatic heterocycles. The Bertz CT molecular complexity index is 703. The van der Waals surface area contributed by atoms with Crippen LogP contribution in [0.4, 0.5) is 0 Å². The summed E-state index contributed by atoms with van der Waals surface area (Å²) in [7, 11) is -3.51. The van der Waals surface area contributed by atoms with E-state index in [4.69, 9.17) is 11.6 Å². The number of pyridine rings is 1.